The fourth-order valence-corrected chi connectivity index (χ4v) is 2.21. The molecule has 0 radical (unpaired) electrons. The average molecular weight is 279 g/mol. The van der Waals surface area contributed by atoms with E-state index in [2.05, 4.69) is 27.2 Å². The maximum absolute atomic E-state index is 5.49. The number of nitrogen functional groups attached to an aromatic ring is 1. The van der Waals surface area contributed by atoms with E-state index in [1.165, 1.54) is 64.1 Å². The minimum atomic E-state index is 0.269. The van der Waals surface area contributed by atoms with Gasteiger partial charge in [-0.05, 0) is 6.42 Å². The van der Waals surface area contributed by atoms with E-state index < -0.39 is 0 Å². The molecule has 0 aromatic carbocycles. The van der Waals surface area contributed by atoms with Crippen LogP contribution in [0.2, 0.25) is 0 Å². The summed E-state index contributed by atoms with van der Waals surface area (Å²) in [6.07, 6.45) is 14.9. The Bertz CT molecular complexity index is 343. The molecule has 3 N–H and O–H groups in total. The monoisotopic (exact) mass is 279 g/mol. The fraction of sp³-hybridized carbons (Fsp3) is 0.800. The van der Waals surface area contributed by atoms with E-state index in [4.69, 9.17) is 5.73 Å². The second-order valence-electron chi connectivity index (χ2n) is 5.28. The molecule has 5 nitrogen and oxygen atoms in total. The molecule has 0 atom stereocenters. The van der Waals surface area contributed by atoms with Crippen molar-refractivity contribution in [2.24, 2.45) is 0 Å². The second kappa shape index (κ2) is 11.4. The number of rotatable bonds is 12. The Kier molecular flexibility index (Phi) is 9.53. The highest BCUT2D eigenvalue weighted by Crippen LogP contribution is 2.10. The normalized spacial score (nSPS) is 10.7. The van der Waals surface area contributed by atoms with E-state index in [1.807, 2.05) is 0 Å². The average Bonchev–Trinajstić information content (AvgIpc) is 2.45. The minimum Gasteiger partial charge on any atom is -0.368 e. The van der Waals surface area contributed by atoms with Crippen LogP contribution in [0.1, 0.15) is 71.1 Å². The number of nitrogens with zero attached hydrogens (tertiary/aromatic N) is 3. The highest BCUT2D eigenvalue weighted by Gasteiger charge is 1.96. The van der Waals surface area contributed by atoms with Gasteiger partial charge in [0, 0.05) is 6.54 Å². The number of hydrogen-bond acceptors (Lipinski definition) is 5. The van der Waals surface area contributed by atoms with Crippen LogP contribution in [-0.4, -0.2) is 21.5 Å². The van der Waals surface area contributed by atoms with Gasteiger partial charge in [0.1, 0.15) is 6.33 Å². The van der Waals surface area contributed by atoms with Gasteiger partial charge >= 0.3 is 0 Å². The Morgan fingerprint density at radius 3 is 2.10 bits per heavy atom. The number of anilines is 2. The molecule has 0 aliphatic carbocycles. The summed E-state index contributed by atoms with van der Waals surface area (Å²) in [5, 5.41) is 3.17. The highest BCUT2D eigenvalue weighted by atomic mass is 15.2. The van der Waals surface area contributed by atoms with E-state index >= 15 is 0 Å². The first-order chi connectivity index (χ1) is 9.83. The third-order valence-corrected chi connectivity index (χ3v) is 3.40. The Labute approximate surface area is 122 Å². The molecule has 0 aliphatic heterocycles. The van der Waals surface area contributed by atoms with Gasteiger partial charge in [-0.1, -0.05) is 64.7 Å². The van der Waals surface area contributed by atoms with Crippen LogP contribution >= 0.6 is 0 Å². The Morgan fingerprint density at radius 2 is 1.50 bits per heavy atom. The van der Waals surface area contributed by atoms with Gasteiger partial charge in [0.25, 0.3) is 0 Å². The summed E-state index contributed by atoms with van der Waals surface area (Å²) in [6.45, 7) is 3.17. The molecule has 0 saturated heterocycles. The van der Waals surface area contributed by atoms with Crippen molar-refractivity contribution in [3.8, 4) is 0 Å². The van der Waals surface area contributed by atoms with E-state index in [9.17, 15) is 0 Å². The molecule has 1 heterocycles. The molecular weight excluding hydrogens is 250 g/mol. The number of aromatic nitrogens is 3. The van der Waals surface area contributed by atoms with Gasteiger partial charge in [-0.3, -0.25) is 0 Å². The number of hydrogen-bond donors (Lipinski definition) is 2. The molecule has 0 unspecified atom stereocenters. The lowest BCUT2D eigenvalue weighted by Gasteiger charge is -2.04. The molecular formula is C15H29N5. The molecule has 0 amide bonds. The Hall–Kier alpha value is -1.39. The molecule has 1 aromatic rings. The van der Waals surface area contributed by atoms with Crippen LogP contribution in [-0.2, 0) is 0 Å². The van der Waals surface area contributed by atoms with Crippen LogP contribution in [0, 0.1) is 0 Å². The summed E-state index contributed by atoms with van der Waals surface area (Å²) >= 11 is 0. The van der Waals surface area contributed by atoms with Crippen LogP contribution < -0.4 is 11.1 Å². The van der Waals surface area contributed by atoms with E-state index in [1.54, 1.807) is 0 Å². The van der Waals surface area contributed by atoms with Gasteiger partial charge < -0.3 is 11.1 Å². The van der Waals surface area contributed by atoms with Crippen molar-refractivity contribution in [3.05, 3.63) is 6.33 Å². The lowest BCUT2D eigenvalue weighted by Crippen LogP contribution is -2.07. The summed E-state index contributed by atoms with van der Waals surface area (Å²) < 4.78 is 0. The first kappa shape index (κ1) is 16.7. The second-order valence-corrected chi connectivity index (χ2v) is 5.28. The first-order valence-electron chi connectivity index (χ1n) is 8.01. The standard InChI is InChI=1S/C15H29N5/c1-2-3-4-5-6-7-8-9-10-11-12-17-15-19-13-18-14(16)20-15/h13H,2-12H2,1H3,(H3,16,17,18,19,20). The Balaban J connectivity index is 1.85. The molecule has 5 heteroatoms. The zero-order valence-corrected chi connectivity index (χ0v) is 12.8. The maximum atomic E-state index is 5.49. The van der Waals surface area contributed by atoms with Crippen molar-refractivity contribution in [3.63, 3.8) is 0 Å². The van der Waals surface area contributed by atoms with E-state index in [0.717, 1.165) is 13.0 Å². The maximum Gasteiger partial charge on any atom is 0.227 e. The van der Waals surface area contributed by atoms with E-state index in [0.29, 0.717) is 5.95 Å². The quantitative estimate of drug-likeness (QED) is 0.569. The largest absolute Gasteiger partial charge is 0.368 e. The predicted molar refractivity (Wildman–Crippen MR) is 84.6 cm³/mol. The number of unbranched alkanes of at least 4 members (excludes halogenated alkanes) is 9. The van der Waals surface area contributed by atoms with Gasteiger partial charge in [-0.25, -0.2) is 9.97 Å². The molecule has 0 aliphatic rings. The van der Waals surface area contributed by atoms with Crippen molar-refractivity contribution in [2.75, 3.05) is 17.6 Å². The summed E-state index contributed by atoms with van der Waals surface area (Å²) in [7, 11) is 0. The van der Waals surface area contributed by atoms with Gasteiger partial charge in [-0.15, -0.1) is 0 Å². The Morgan fingerprint density at radius 1 is 0.900 bits per heavy atom. The summed E-state index contributed by atoms with van der Waals surface area (Å²) in [6, 6.07) is 0. The van der Waals surface area contributed by atoms with Gasteiger partial charge in [-0.2, -0.15) is 4.98 Å². The molecule has 0 fully saturated rings. The number of nitrogens with two attached hydrogens (primary N) is 1. The van der Waals surface area contributed by atoms with Crippen molar-refractivity contribution < 1.29 is 0 Å². The zero-order chi connectivity index (χ0) is 14.5. The lowest BCUT2D eigenvalue weighted by molar-refractivity contribution is 0.559. The van der Waals surface area contributed by atoms with Gasteiger partial charge in [0.15, 0.2) is 0 Å². The number of nitrogens with one attached hydrogen (secondary N) is 1. The van der Waals surface area contributed by atoms with Crippen LogP contribution in [0.15, 0.2) is 6.33 Å². The van der Waals surface area contributed by atoms with Crippen molar-refractivity contribution in [2.45, 2.75) is 71.1 Å². The summed E-state index contributed by atoms with van der Waals surface area (Å²) in [5.74, 6) is 0.846. The molecule has 1 rings (SSSR count). The smallest absolute Gasteiger partial charge is 0.227 e. The zero-order valence-electron chi connectivity index (χ0n) is 12.8. The van der Waals surface area contributed by atoms with Crippen LogP contribution in [0.3, 0.4) is 0 Å². The predicted octanol–water partition coefficient (Wildman–Crippen LogP) is 3.79. The molecule has 0 saturated carbocycles. The van der Waals surface area contributed by atoms with Crippen molar-refractivity contribution in [1.29, 1.82) is 0 Å². The first-order valence-corrected chi connectivity index (χ1v) is 8.01. The molecule has 1 aromatic heterocycles. The topological polar surface area (TPSA) is 76.7 Å². The van der Waals surface area contributed by atoms with Gasteiger partial charge in [0.2, 0.25) is 11.9 Å². The van der Waals surface area contributed by atoms with E-state index in [-0.39, 0.29) is 5.95 Å². The van der Waals surface area contributed by atoms with Crippen LogP contribution in [0.4, 0.5) is 11.9 Å². The molecule has 114 valence electrons. The third-order valence-electron chi connectivity index (χ3n) is 3.40. The lowest BCUT2D eigenvalue weighted by atomic mass is 10.1. The molecule has 0 bridgehead atoms. The SMILES string of the molecule is CCCCCCCCCCCCNc1ncnc(N)n1. The van der Waals surface area contributed by atoms with Crippen molar-refractivity contribution >= 4 is 11.9 Å². The fourth-order valence-electron chi connectivity index (χ4n) is 2.21. The van der Waals surface area contributed by atoms with Crippen LogP contribution in [0.25, 0.3) is 0 Å². The molecule has 0 spiro atoms. The van der Waals surface area contributed by atoms with Crippen LogP contribution in [0.5, 0.6) is 0 Å². The van der Waals surface area contributed by atoms with Crippen molar-refractivity contribution in [1.82, 2.24) is 15.0 Å². The summed E-state index contributed by atoms with van der Waals surface area (Å²) in [5.41, 5.74) is 5.49. The third kappa shape index (κ3) is 8.67. The molecule has 20 heavy (non-hydrogen) atoms. The highest BCUT2D eigenvalue weighted by molar-refractivity contribution is 5.28. The minimum absolute atomic E-state index is 0.269. The summed E-state index contributed by atoms with van der Waals surface area (Å²) in [4.78, 5) is 11.8. The van der Waals surface area contributed by atoms with Gasteiger partial charge in [0.05, 0.1) is 0 Å².